The third-order valence-corrected chi connectivity index (χ3v) is 8.04. The molecule has 33 heavy (non-hydrogen) atoms. The van der Waals surface area contributed by atoms with Gasteiger partial charge in [-0.15, -0.1) is 23.1 Å². The molecule has 8 heteroatoms. The minimum atomic E-state index is -0.225. The molecule has 1 aliphatic rings. The second kappa shape index (κ2) is 9.49. The van der Waals surface area contributed by atoms with E-state index >= 15 is 0 Å². The molecule has 0 saturated carbocycles. The molecule has 4 heterocycles. The summed E-state index contributed by atoms with van der Waals surface area (Å²) in [7, 11) is 0. The number of hydrogen-bond donors (Lipinski definition) is 1. The van der Waals surface area contributed by atoms with E-state index < -0.39 is 0 Å². The number of pyridine rings is 1. The molecule has 1 amide bonds. The van der Waals surface area contributed by atoms with Crippen LogP contribution in [0.2, 0.25) is 0 Å². The van der Waals surface area contributed by atoms with Gasteiger partial charge in [0.25, 0.3) is 5.56 Å². The highest BCUT2D eigenvalue weighted by Crippen LogP contribution is 2.34. The lowest BCUT2D eigenvalue weighted by Gasteiger charge is -2.27. The third-order valence-electron chi connectivity index (χ3n) is 6.02. The summed E-state index contributed by atoms with van der Waals surface area (Å²) in [5.74, 6) is 1.21. The zero-order valence-corrected chi connectivity index (χ0v) is 19.9. The van der Waals surface area contributed by atoms with Crippen molar-refractivity contribution in [2.75, 3.05) is 6.54 Å². The summed E-state index contributed by atoms with van der Waals surface area (Å²) in [5, 5.41) is 2.38. The summed E-state index contributed by atoms with van der Waals surface area (Å²) in [6.45, 7) is 2.71. The number of hydrogen-bond acceptors (Lipinski definition) is 6. The Balaban J connectivity index is 1.29. The van der Waals surface area contributed by atoms with Crippen LogP contribution in [0.4, 0.5) is 0 Å². The van der Waals surface area contributed by atoms with Crippen molar-refractivity contribution in [3.05, 3.63) is 82.0 Å². The van der Waals surface area contributed by atoms with Gasteiger partial charge in [-0.05, 0) is 43.0 Å². The Hall–Kier alpha value is -2.97. The highest BCUT2D eigenvalue weighted by Gasteiger charge is 2.32. The first-order valence-electron chi connectivity index (χ1n) is 11.0. The number of aromatic amines is 1. The number of H-pyrrole nitrogens is 1. The molecule has 0 bridgehead atoms. The number of carbonyl (C=O) groups excluding carboxylic acids is 1. The molecule has 3 aromatic heterocycles. The minimum absolute atomic E-state index is 0.111. The lowest BCUT2D eigenvalue weighted by atomic mass is 10.1. The van der Waals surface area contributed by atoms with Gasteiger partial charge in [0.05, 0.1) is 22.4 Å². The highest BCUT2D eigenvalue weighted by atomic mass is 32.2. The molecule has 0 radical (unpaired) electrons. The Morgan fingerprint density at radius 2 is 2.03 bits per heavy atom. The fourth-order valence-electron chi connectivity index (χ4n) is 4.36. The number of rotatable bonds is 6. The molecule has 1 saturated heterocycles. The fraction of sp³-hybridized carbons (Fsp3) is 0.280. The standard InChI is InChI=1S/C25H24N4O2S2/c1-16(25(31)29-13-5-8-20(29)18-9-11-26-12-10-18)32-15-21-27-23(30)22-19(14-33-24(22)28-21)17-6-3-2-4-7-17/h2-4,6-7,9-12,14,16,20H,5,8,13,15H2,1H3,(H,27,28,30). The number of likely N-dealkylation sites (tertiary alicyclic amines) is 1. The van der Waals surface area contributed by atoms with E-state index in [-0.39, 0.29) is 22.8 Å². The molecule has 2 atom stereocenters. The van der Waals surface area contributed by atoms with Gasteiger partial charge >= 0.3 is 0 Å². The van der Waals surface area contributed by atoms with Crippen LogP contribution < -0.4 is 5.56 Å². The summed E-state index contributed by atoms with van der Waals surface area (Å²) in [4.78, 5) is 40.5. The van der Waals surface area contributed by atoms with E-state index in [4.69, 9.17) is 0 Å². The Bertz CT molecular complexity index is 1320. The van der Waals surface area contributed by atoms with E-state index in [1.165, 1.54) is 23.1 Å². The van der Waals surface area contributed by atoms with E-state index in [1.807, 2.05) is 59.7 Å². The average molecular weight is 477 g/mol. The maximum absolute atomic E-state index is 13.2. The predicted molar refractivity (Wildman–Crippen MR) is 134 cm³/mol. The van der Waals surface area contributed by atoms with Crippen molar-refractivity contribution in [3.8, 4) is 11.1 Å². The zero-order valence-electron chi connectivity index (χ0n) is 18.2. The topological polar surface area (TPSA) is 79.0 Å². The van der Waals surface area contributed by atoms with Crippen LogP contribution in [0.25, 0.3) is 21.3 Å². The smallest absolute Gasteiger partial charge is 0.260 e. The van der Waals surface area contributed by atoms with Crippen molar-refractivity contribution in [2.45, 2.75) is 36.8 Å². The maximum Gasteiger partial charge on any atom is 0.260 e. The molecular weight excluding hydrogens is 452 g/mol. The Morgan fingerprint density at radius 3 is 2.82 bits per heavy atom. The molecular formula is C25H24N4O2S2. The molecule has 5 rings (SSSR count). The fourth-order valence-corrected chi connectivity index (χ4v) is 6.15. The molecule has 0 aliphatic carbocycles. The lowest BCUT2D eigenvalue weighted by molar-refractivity contribution is -0.131. The van der Waals surface area contributed by atoms with Gasteiger partial charge in [-0.2, -0.15) is 0 Å². The van der Waals surface area contributed by atoms with Gasteiger partial charge in [0.15, 0.2) is 0 Å². The van der Waals surface area contributed by atoms with E-state index in [9.17, 15) is 9.59 Å². The summed E-state index contributed by atoms with van der Waals surface area (Å²) >= 11 is 2.99. The molecule has 1 aliphatic heterocycles. The van der Waals surface area contributed by atoms with Gasteiger partial charge in [-0.1, -0.05) is 30.3 Å². The predicted octanol–water partition coefficient (Wildman–Crippen LogP) is 5.03. The Kier molecular flexibility index (Phi) is 6.28. The summed E-state index contributed by atoms with van der Waals surface area (Å²) in [6.07, 6.45) is 5.53. The van der Waals surface area contributed by atoms with Crippen molar-refractivity contribution >= 4 is 39.2 Å². The van der Waals surface area contributed by atoms with Gasteiger partial charge in [0, 0.05) is 29.9 Å². The summed E-state index contributed by atoms with van der Waals surface area (Å²) in [6, 6.07) is 14.0. The van der Waals surface area contributed by atoms with Crippen LogP contribution in [0.3, 0.4) is 0 Å². The minimum Gasteiger partial charge on any atom is -0.335 e. The van der Waals surface area contributed by atoms with Crippen molar-refractivity contribution in [2.24, 2.45) is 0 Å². The number of carbonyl (C=O) groups is 1. The van der Waals surface area contributed by atoms with Gasteiger partial charge in [-0.3, -0.25) is 14.6 Å². The number of nitrogens with zero attached hydrogens (tertiary/aromatic N) is 3. The Morgan fingerprint density at radius 1 is 1.24 bits per heavy atom. The van der Waals surface area contributed by atoms with Crippen LogP contribution in [0.5, 0.6) is 0 Å². The van der Waals surface area contributed by atoms with Gasteiger partial charge < -0.3 is 9.88 Å². The third kappa shape index (κ3) is 4.45. The number of thiophene rings is 1. The molecule has 1 fully saturated rings. The van der Waals surface area contributed by atoms with Gasteiger partial charge in [-0.25, -0.2) is 4.98 Å². The van der Waals surface area contributed by atoms with Gasteiger partial charge in [0.2, 0.25) is 5.91 Å². The van der Waals surface area contributed by atoms with Crippen molar-refractivity contribution < 1.29 is 4.79 Å². The van der Waals surface area contributed by atoms with Crippen LogP contribution in [0, 0.1) is 0 Å². The summed E-state index contributed by atoms with van der Waals surface area (Å²) < 4.78 is 0. The van der Waals surface area contributed by atoms with E-state index in [1.54, 1.807) is 12.4 Å². The van der Waals surface area contributed by atoms with E-state index in [2.05, 4.69) is 15.0 Å². The SMILES string of the molecule is CC(SCc1nc2scc(-c3ccccc3)c2c(=O)[nH]1)C(=O)N1CCCC1c1ccncc1. The molecule has 2 unspecified atom stereocenters. The van der Waals surface area contributed by atoms with Crippen LogP contribution in [-0.4, -0.2) is 37.6 Å². The van der Waals surface area contributed by atoms with Gasteiger partial charge in [0.1, 0.15) is 10.7 Å². The maximum atomic E-state index is 13.2. The Labute approximate surface area is 200 Å². The molecule has 168 valence electrons. The van der Waals surface area contributed by atoms with Crippen molar-refractivity contribution in [3.63, 3.8) is 0 Å². The molecule has 1 aromatic carbocycles. The number of fused-ring (bicyclic) bond motifs is 1. The first kappa shape index (κ1) is 21.9. The molecule has 4 aromatic rings. The number of amides is 1. The van der Waals surface area contributed by atoms with Crippen molar-refractivity contribution in [1.82, 2.24) is 19.9 Å². The van der Waals surface area contributed by atoms with Crippen LogP contribution in [0.15, 0.2) is 65.0 Å². The first-order valence-corrected chi connectivity index (χ1v) is 12.9. The van der Waals surface area contributed by atoms with Crippen LogP contribution >= 0.6 is 23.1 Å². The quantitative estimate of drug-likeness (QED) is 0.422. The van der Waals surface area contributed by atoms with E-state index in [0.29, 0.717) is 17.0 Å². The molecule has 0 spiro atoms. The highest BCUT2D eigenvalue weighted by molar-refractivity contribution is 7.99. The number of aromatic nitrogens is 3. The molecule has 6 nitrogen and oxygen atoms in total. The van der Waals surface area contributed by atoms with Crippen molar-refractivity contribution in [1.29, 1.82) is 0 Å². The monoisotopic (exact) mass is 476 g/mol. The first-order chi connectivity index (χ1) is 16.1. The van der Waals surface area contributed by atoms with E-state index in [0.717, 1.165) is 40.9 Å². The number of thioether (sulfide) groups is 1. The number of nitrogens with one attached hydrogen (secondary N) is 1. The second-order valence-corrected chi connectivity index (χ2v) is 10.3. The van der Waals surface area contributed by atoms with Crippen LogP contribution in [-0.2, 0) is 10.5 Å². The second-order valence-electron chi connectivity index (χ2n) is 8.13. The lowest BCUT2D eigenvalue weighted by Crippen LogP contribution is -2.36. The molecule has 1 N–H and O–H groups in total. The van der Waals surface area contributed by atoms with Crippen LogP contribution in [0.1, 0.15) is 37.2 Å². The normalized spacial score (nSPS) is 16.9. The average Bonchev–Trinajstić information content (AvgIpc) is 3.51. The zero-order chi connectivity index (χ0) is 22.8. The largest absolute Gasteiger partial charge is 0.335 e. The summed E-state index contributed by atoms with van der Waals surface area (Å²) in [5.41, 5.74) is 2.92. The number of benzene rings is 1.